The summed E-state index contributed by atoms with van der Waals surface area (Å²) in [5, 5.41) is 15.0. The van der Waals surface area contributed by atoms with Gasteiger partial charge in [0, 0.05) is 23.8 Å². The lowest BCUT2D eigenvalue weighted by molar-refractivity contribution is 0.0922. The van der Waals surface area contributed by atoms with E-state index in [0.717, 1.165) is 12.2 Å². The van der Waals surface area contributed by atoms with E-state index in [2.05, 4.69) is 29.7 Å². The van der Waals surface area contributed by atoms with Crippen LogP contribution in [0.15, 0.2) is 48.5 Å². The summed E-state index contributed by atoms with van der Waals surface area (Å²) in [4.78, 5) is 11.9. The van der Waals surface area contributed by atoms with Crippen LogP contribution in [-0.4, -0.2) is 23.7 Å². The van der Waals surface area contributed by atoms with Crippen molar-refractivity contribution in [1.82, 2.24) is 5.32 Å². The van der Waals surface area contributed by atoms with Crippen LogP contribution in [0.2, 0.25) is 0 Å². The van der Waals surface area contributed by atoms with Crippen LogP contribution in [0.5, 0.6) is 0 Å². The summed E-state index contributed by atoms with van der Waals surface area (Å²) in [5.74, 6) is -0.174. The molecule has 0 spiro atoms. The van der Waals surface area contributed by atoms with Crippen LogP contribution in [0.4, 0.5) is 5.69 Å². The van der Waals surface area contributed by atoms with Gasteiger partial charge in [-0.25, -0.2) is 0 Å². The zero-order valence-electron chi connectivity index (χ0n) is 13.0. The van der Waals surface area contributed by atoms with Crippen molar-refractivity contribution in [1.29, 1.82) is 0 Å². The third-order valence-electron chi connectivity index (χ3n) is 3.54. The molecule has 2 aromatic carbocycles. The lowest BCUT2D eigenvalue weighted by atomic mass is 10.1. The van der Waals surface area contributed by atoms with Gasteiger partial charge in [-0.3, -0.25) is 4.79 Å². The second-order valence-corrected chi connectivity index (χ2v) is 5.41. The van der Waals surface area contributed by atoms with Crippen LogP contribution < -0.4 is 10.6 Å². The molecule has 0 heterocycles. The minimum Gasteiger partial charge on any atom is -0.394 e. The fourth-order valence-corrected chi connectivity index (χ4v) is 2.10. The number of benzene rings is 2. The summed E-state index contributed by atoms with van der Waals surface area (Å²) in [6.45, 7) is 4.53. The molecule has 0 aliphatic heterocycles. The molecule has 4 nitrogen and oxygen atoms in total. The molecule has 1 atom stereocenters. The highest BCUT2D eigenvalue weighted by Crippen LogP contribution is 2.13. The minimum atomic E-state index is -0.244. The number of anilines is 1. The van der Waals surface area contributed by atoms with E-state index >= 15 is 0 Å². The average molecular weight is 298 g/mol. The maximum absolute atomic E-state index is 11.9. The smallest absolute Gasteiger partial charge is 0.251 e. The number of aliphatic hydroxyl groups excluding tert-OH is 1. The van der Waals surface area contributed by atoms with Crippen LogP contribution in [-0.2, 0) is 6.54 Å². The van der Waals surface area contributed by atoms with E-state index in [1.165, 1.54) is 11.1 Å². The molecule has 3 N–H and O–H groups in total. The zero-order valence-corrected chi connectivity index (χ0v) is 13.0. The van der Waals surface area contributed by atoms with E-state index < -0.39 is 0 Å². The zero-order chi connectivity index (χ0) is 15.9. The highest BCUT2D eigenvalue weighted by Gasteiger charge is 2.08. The predicted octanol–water partition coefficient (Wildman–Crippen LogP) is 2.72. The average Bonchev–Trinajstić information content (AvgIpc) is 2.54. The van der Waals surface area contributed by atoms with Crippen LogP contribution in [0.3, 0.4) is 0 Å². The number of hydrogen-bond acceptors (Lipinski definition) is 3. The number of rotatable bonds is 6. The molecule has 0 fully saturated rings. The van der Waals surface area contributed by atoms with E-state index in [0.29, 0.717) is 5.56 Å². The number of nitrogens with one attached hydrogen (secondary N) is 2. The molecule has 116 valence electrons. The van der Waals surface area contributed by atoms with Gasteiger partial charge in [0.05, 0.1) is 6.61 Å². The number of amides is 1. The Balaban J connectivity index is 1.95. The van der Waals surface area contributed by atoms with E-state index in [-0.39, 0.29) is 18.6 Å². The Hall–Kier alpha value is -2.33. The molecule has 0 bridgehead atoms. The van der Waals surface area contributed by atoms with Gasteiger partial charge in [-0.15, -0.1) is 0 Å². The highest BCUT2D eigenvalue weighted by atomic mass is 16.3. The van der Waals surface area contributed by atoms with Gasteiger partial charge in [-0.1, -0.05) is 24.3 Å². The molecule has 2 aromatic rings. The summed E-state index contributed by atoms with van der Waals surface area (Å²) in [6.07, 6.45) is 0. The molecule has 1 unspecified atom stereocenters. The molecule has 2 rings (SSSR count). The molecule has 0 saturated carbocycles. The first kappa shape index (κ1) is 16.0. The van der Waals surface area contributed by atoms with Crippen molar-refractivity contribution in [2.45, 2.75) is 26.4 Å². The first-order valence-corrected chi connectivity index (χ1v) is 7.40. The lowest BCUT2D eigenvalue weighted by Gasteiger charge is -2.12. The molecule has 0 radical (unpaired) electrons. The summed E-state index contributed by atoms with van der Waals surface area (Å²) in [5.41, 5.74) is 4.06. The van der Waals surface area contributed by atoms with Gasteiger partial charge in [0.25, 0.3) is 5.91 Å². The molecule has 0 aromatic heterocycles. The van der Waals surface area contributed by atoms with E-state index in [4.69, 9.17) is 5.11 Å². The number of aliphatic hydroxyl groups is 1. The Kier molecular flexibility index (Phi) is 5.55. The third kappa shape index (κ3) is 4.33. The quantitative estimate of drug-likeness (QED) is 0.768. The van der Waals surface area contributed by atoms with Crippen LogP contribution >= 0.6 is 0 Å². The van der Waals surface area contributed by atoms with Crippen molar-refractivity contribution in [3.05, 3.63) is 65.2 Å². The summed E-state index contributed by atoms with van der Waals surface area (Å²) >= 11 is 0. The molecular formula is C18H22N2O2. The van der Waals surface area contributed by atoms with Gasteiger partial charge in [0.2, 0.25) is 0 Å². The fourth-order valence-electron chi connectivity index (χ4n) is 2.10. The van der Waals surface area contributed by atoms with Crippen molar-refractivity contribution in [3.8, 4) is 0 Å². The summed E-state index contributed by atoms with van der Waals surface area (Å²) in [6, 6.07) is 15.3. The Bertz CT molecular complexity index is 623. The standard InChI is InChI=1S/C18H22N2O2/c1-13-5-3-4-6-16(13)11-19-17-9-7-15(8-10-17)18(22)20-14(2)12-21/h3-10,14,19,21H,11-12H2,1-2H3,(H,20,22). The van der Waals surface area contributed by atoms with Crippen LogP contribution in [0.25, 0.3) is 0 Å². The Labute approximate surface area is 131 Å². The summed E-state index contributed by atoms with van der Waals surface area (Å²) < 4.78 is 0. The second kappa shape index (κ2) is 7.61. The van der Waals surface area contributed by atoms with Gasteiger partial charge in [-0.2, -0.15) is 0 Å². The number of hydrogen-bond donors (Lipinski definition) is 3. The maximum Gasteiger partial charge on any atom is 0.251 e. The first-order valence-electron chi connectivity index (χ1n) is 7.40. The van der Waals surface area contributed by atoms with Crippen LogP contribution in [0.1, 0.15) is 28.4 Å². The van der Waals surface area contributed by atoms with Crippen molar-refractivity contribution < 1.29 is 9.90 Å². The topological polar surface area (TPSA) is 61.4 Å². The normalized spacial score (nSPS) is 11.8. The van der Waals surface area contributed by atoms with E-state index in [1.54, 1.807) is 19.1 Å². The SMILES string of the molecule is Cc1ccccc1CNc1ccc(C(=O)NC(C)CO)cc1. The fraction of sp³-hybridized carbons (Fsp3) is 0.278. The van der Waals surface area contributed by atoms with Gasteiger partial charge in [-0.05, 0) is 49.2 Å². The van der Waals surface area contributed by atoms with Crippen molar-refractivity contribution >= 4 is 11.6 Å². The number of aryl methyl sites for hydroxylation is 1. The number of carbonyl (C=O) groups excluding carboxylic acids is 1. The monoisotopic (exact) mass is 298 g/mol. The van der Waals surface area contributed by atoms with Gasteiger partial charge in [0.1, 0.15) is 0 Å². The third-order valence-corrected chi connectivity index (χ3v) is 3.54. The molecule has 1 amide bonds. The highest BCUT2D eigenvalue weighted by molar-refractivity contribution is 5.94. The molecular weight excluding hydrogens is 276 g/mol. The second-order valence-electron chi connectivity index (χ2n) is 5.41. The molecule has 0 saturated heterocycles. The van der Waals surface area contributed by atoms with Crippen LogP contribution in [0, 0.1) is 6.92 Å². The molecule has 22 heavy (non-hydrogen) atoms. The van der Waals surface area contributed by atoms with Gasteiger partial charge < -0.3 is 15.7 Å². The largest absolute Gasteiger partial charge is 0.394 e. The van der Waals surface area contributed by atoms with Crippen molar-refractivity contribution in [3.63, 3.8) is 0 Å². The Morgan fingerprint density at radius 1 is 1.14 bits per heavy atom. The number of carbonyl (C=O) groups is 1. The Morgan fingerprint density at radius 2 is 1.82 bits per heavy atom. The van der Waals surface area contributed by atoms with Gasteiger partial charge in [0.15, 0.2) is 0 Å². The van der Waals surface area contributed by atoms with E-state index in [9.17, 15) is 4.79 Å². The van der Waals surface area contributed by atoms with Crippen molar-refractivity contribution in [2.75, 3.05) is 11.9 Å². The molecule has 4 heteroatoms. The minimum absolute atomic E-state index is 0.0677. The maximum atomic E-state index is 11.9. The lowest BCUT2D eigenvalue weighted by Crippen LogP contribution is -2.34. The van der Waals surface area contributed by atoms with E-state index in [1.807, 2.05) is 24.3 Å². The van der Waals surface area contributed by atoms with Crippen molar-refractivity contribution in [2.24, 2.45) is 0 Å². The molecule has 0 aliphatic rings. The first-order chi connectivity index (χ1) is 10.6. The Morgan fingerprint density at radius 3 is 2.45 bits per heavy atom. The molecule has 0 aliphatic carbocycles. The van der Waals surface area contributed by atoms with Gasteiger partial charge >= 0.3 is 0 Å². The predicted molar refractivity (Wildman–Crippen MR) is 89.0 cm³/mol. The summed E-state index contributed by atoms with van der Waals surface area (Å²) in [7, 11) is 0.